The highest BCUT2D eigenvalue weighted by Gasteiger charge is 2.69. The standard InChI is InChI=1S/C40H65NO7S/c1-10-11-15-27(35(45)32(44)20-26-16-17-26)21-31(43)34-33-30(39(33,8)9)24-41(34)36(46)29(37(2,3)4)22-28(42)23-40(18-13-12-14-19-40)25-49(47,48)38(5,6)7/h26-27,29-30,33-34H,10-25H2,1-9H3/t27-,29-,30+,33+,34-/m1/s1/i10D2,12D2,13D2,14D2,18D2,19D2. The van der Waals surface area contributed by atoms with Gasteiger partial charge in [-0.25, -0.2) is 8.42 Å². The van der Waals surface area contributed by atoms with Crippen molar-refractivity contribution in [3.63, 3.8) is 0 Å². The summed E-state index contributed by atoms with van der Waals surface area (Å²) >= 11 is 0. The summed E-state index contributed by atoms with van der Waals surface area (Å²) in [5.74, 6) is -8.13. The van der Waals surface area contributed by atoms with Crippen molar-refractivity contribution in [1.82, 2.24) is 4.90 Å². The summed E-state index contributed by atoms with van der Waals surface area (Å²) in [5.41, 5.74) is -4.87. The average molecular weight is 716 g/mol. The third kappa shape index (κ3) is 9.13. The van der Waals surface area contributed by atoms with Crippen molar-refractivity contribution in [2.45, 2.75) is 163 Å². The molecule has 49 heavy (non-hydrogen) atoms. The smallest absolute Gasteiger partial charge is 0.227 e. The van der Waals surface area contributed by atoms with Crippen LogP contribution in [-0.2, 0) is 33.8 Å². The van der Waals surface area contributed by atoms with Crippen LogP contribution in [0.3, 0.4) is 0 Å². The Bertz CT molecular complexity index is 1880. The molecule has 278 valence electrons. The first kappa shape index (κ1) is 26.0. The lowest BCUT2D eigenvalue weighted by molar-refractivity contribution is -0.148. The predicted molar refractivity (Wildman–Crippen MR) is 192 cm³/mol. The van der Waals surface area contributed by atoms with Crippen molar-refractivity contribution >= 4 is 38.9 Å². The molecular formula is C40H65NO7S. The molecule has 9 heteroatoms. The maximum atomic E-state index is 14.8. The van der Waals surface area contributed by atoms with Gasteiger partial charge in [0.1, 0.15) is 5.78 Å². The van der Waals surface area contributed by atoms with Gasteiger partial charge in [0.25, 0.3) is 0 Å². The molecule has 1 amide bonds. The summed E-state index contributed by atoms with van der Waals surface area (Å²) in [4.78, 5) is 71.6. The number of hydrogen-bond donors (Lipinski definition) is 0. The molecule has 1 saturated heterocycles. The molecule has 0 N–H and O–H groups in total. The van der Waals surface area contributed by atoms with Gasteiger partial charge < -0.3 is 4.90 Å². The van der Waals surface area contributed by atoms with Gasteiger partial charge in [0, 0.05) is 60.5 Å². The van der Waals surface area contributed by atoms with Gasteiger partial charge in [0.2, 0.25) is 11.7 Å². The van der Waals surface area contributed by atoms with E-state index in [-0.39, 0.29) is 43.6 Å². The Morgan fingerprint density at radius 2 is 1.57 bits per heavy atom. The molecular weight excluding hydrogens is 639 g/mol. The molecule has 0 aromatic heterocycles. The SMILES string of the molecule is [2H]C([2H])(C)CC[C@H](CC(=O)[C@@H]1[C@@H]2[C@H](CN1C(=O)[C@@H](CC(=O)CC1(CS(=O)(=O)C(C)(C)C)C([2H])([2H])C([2H])([2H])C([2H])([2H])C([2H])([2H])C1([2H])[2H])C(C)(C)C)C2(C)C)C(=O)C(=O)CC1CC1. The summed E-state index contributed by atoms with van der Waals surface area (Å²) in [6.45, 7) is 13.8. The Kier molecular flexibility index (Phi) is 7.74. The van der Waals surface area contributed by atoms with Crippen molar-refractivity contribution in [2.75, 3.05) is 12.3 Å². The zero-order chi connectivity index (χ0) is 47.5. The Morgan fingerprint density at radius 3 is 2.10 bits per heavy atom. The minimum atomic E-state index is -4.70. The number of hydrogen-bond acceptors (Lipinski definition) is 7. The quantitative estimate of drug-likeness (QED) is 0.144. The number of carbonyl (C=O) groups excluding carboxylic acids is 5. The van der Waals surface area contributed by atoms with Gasteiger partial charge in [-0.3, -0.25) is 24.0 Å². The summed E-state index contributed by atoms with van der Waals surface area (Å²) in [7, 11) is -4.70. The second kappa shape index (κ2) is 14.6. The van der Waals surface area contributed by atoms with Crippen LogP contribution in [0.5, 0.6) is 0 Å². The van der Waals surface area contributed by atoms with Crippen molar-refractivity contribution in [3.05, 3.63) is 0 Å². The van der Waals surface area contributed by atoms with E-state index in [1.807, 2.05) is 13.8 Å². The number of amides is 1. The van der Waals surface area contributed by atoms with Crippen LogP contribution >= 0.6 is 0 Å². The third-order valence-corrected chi connectivity index (χ3v) is 13.9. The second-order valence-corrected chi connectivity index (χ2v) is 20.2. The van der Waals surface area contributed by atoms with Crippen LogP contribution < -0.4 is 0 Å². The van der Waals surface area contributed by atoms with Crippen LogP contribution in [0.15, 0.2) is 0 Å². The molecule has 5 atom stereocenters. The molecule has 0 aromatic carbocycles. The first-order valence-corrected chi connectivity index (χ1v) is 19.3. The van der Waals surface area contributed by atoms with Crippen molar-refractivity contribution in [1.29, 1.82) is 0 Å². The maximum absolute atomic E-state index is 14.8. The first-order valence-electron chi connectivity index (χ1n) is 23.6. The molecule has 4 aliphatic rings. The summed E-state index contributed by atoms with van der Waals surface area (Å²) in [6, 6.07) is -1.09. The molecule has 4 rings (SSSR count). The minimum Gasteiger partial charge on any atom is -0.332 e. The number of likely N-dealkylation sites (tertiary alicyclic amines) is 1. The maximum Gasteiger partial charge on any atom is 0.227 e. The molecule has 0 aromatic rings. The van der Waals surface area contributed by atoms with Crippen molar-refractivity contribution in [3.8, 4) is 0 Å². The lowest BCUT2D eigenvalue weighted by Crippen LogP contribution is -2.51. The van der Waals surface area contributed by atoms with E-state index in [1.54, 1.807) is 20.8 Å². The topological polar surface area (TPSA) is 123 Å². The third-order valence-electron chi connectivity index (χ3n) is 11.2. The molecule has 3 aliphatic carbocycles. The highest BCUT2D eigenvalue weighted by atomic mass is 32.2. The number of nitrogens with zero attached hydrogens (tertiary/aromatic N) is 1. The van der Waals surface area contributed by atoms with Crippen LogP contribution in [0.25, 0.3) is 0 Å². The molecule has 0 spiro atoms. The van der Waals surface area contributed by atoms with Gasteiger partial charge in [0.15, 0.2) is 21.4 Å². The van der Waals surface area contributed by atoms with E-state index in [0.717, 1.165) is 12.8 Å². The summed E-state index contributed by atoms with van der Waals surface area (Å²) < 4.78 is 129. The van der Waals surface area contributed by atoms with Crippen molar-refractivity contribution in [2.24, 2.45) is 45.8 Å². The molecule has 4 fully saturated rings. The minimum absolute atomic E-state index is 0.0460. The Hall–Kier alpha value is -1.90. The average Bonchev–Trinajstić information content (AvgIpc) is 3.92. The fourth-order valence-electron chi connectivity index (χ4n) is 7.52. The number of sulfone groups is 1. The van der Waals surface area contributed by atoms with Crippen molar-refractivity contribution < 1.29 is 48.8 Å². The highest BCUT2D eigenvalue weighted by molar-refractivity contribution is 7.92. The van der Waals surface area contributed by atoms with E-state index < -0.39 is 141 Å². The molecule has 0 radical (unpaired) electrons. The van der Waals surface area contributed by atoms with Crippen LogP contribution in [0.4, 0.5) is 0 Å². The van der Waals surface area contributed by atoms with Gasteiger partial charge >= 0.3 is 0 Å². The molecule has 3 saturated carbocycles. The lowest BCUT2D eigenvalue weighted by atomic mass is 9.70. The van der Waals surface area contributed by atoms with Gasteiger partial charge in [-0.2, -0.15) is 0 Å². The van der Waals surface area contributed by atoms with E-state index in [1.165, 1.54) is 32.6 Å². The normalized spacial score (nSPS) is 35.1. The fourth-order valence-corrected chi connectivity index (χ4v) is 8.85. The van der Waals surface area contributed by atoms with Crippen LogP contribution in [0.1, 0.15) is 168 Å². The summed E-state index contributed by atoms with van der Waals surface area (Å²) in [6.07, 6.45) is -22.2. The lowest BCUT2D eigenvalue weighted by Gasteiger charge is -2.40. The summed E-state index contributed by atoms with van der Waals surface area (Å²) in [5, 5.41) is 0. The predicted octanol–water partition coefficient (Wildman–Crippen LogP) is 7.35. The molecule has 0 unspecified atom stereocenters. The second-order valence-electron chi connectivity index (χ2n) is 17.5. The molecule has 1 aliphatic heterocycles. The Labute approximate surface area is 313 Å². The van der Waals surface area contributed by atoms with E-state index in [0.29, 0.717) is 0 Å². The molecule has 8 nitrogen and oxygen atoms in total. The molecule has 0 bridgehead atoms. The van der Waals surface area contributed by atoms with Gasteiger partial charge in [-0.05, 0) is 86.8 Å². The fraction of sp³-hybridized carbons (Fsp3) is 0.875. The van der Waals surface area contributed by atoms with Crippen LogP contribution in [-0.4, -0.2) is 65.4 Å². The zero-order valence-corrected chi connectivity index (χ0v) is 31.6. The van der Waals surface area contributed by atoms with E-state index in [2.05, 4.69) is 0 Å². The van der Waals surface area contributed by atoms with Gasteiger partial charge in [-0.1, -0.05) is 73.5 Å². The van der Waals surface area contributed by atoms with Gasteiger partial charge in [-0.15, -0.1) is 0 Å². The number of piperidine rings is 1. The highest BCUT2D eigenvalue weighted by Crippen LogP contribution is 2.65. The van der Waals surface area contributed by atoms with Crippen LogP contribution in [0.2, 0.25) is 0 Å². The largest absolute Gasteiger partial charge is 0.332 e. The van der Waals surface area contributed by atoms with Crippen LogP contribution in [0, 0.1) is 45.8 Å². The van der Waals surface area contributed by atoms with E-state index >= 15 is 0 Å². The first-order chi connectivity index (χ1) is 27.0. The number of fused-ring (bicyclic) bond motifs is 1. The van der Waals surface area contributed by atoms with E-state index in [9.17, 15) is 32.4 Å². The monoisotopic (exact) mass is 716 g/mol. The number of rotatable bonds is 17. The van der Waals surface area contributed by atoms with Gasteiger partial charge in [0.05, 0.1) is 16.5 Å². The number of Topliss-reactive ketones (excluding diaryl/α,β-unsaturated/α-hetero) is 4. The Balaban J connectivity index is 1.75. The Morgan fingerprint density at radius 1 is 0.959 bits per heavy atom. The number of ketones is 4. The zero-order valence-electron chi connectivity index (χ0n) is 42.7. The number of carbonyl (C=O) groups is 5. The molecule has 1 heterocycles. The van der Waals surface area contributed by atoms with E-state index in [4.69, 9.17) is 16.4 Å².